The Hall–Kier alpha value is -2.45. The van der Waals surface area contributed by atoms with E-state index in [1.807, 2.05) is 0 Å². The Kier molecular flexibility index (Phi) is 6.87. The summed E-state index contributed by atoms with van der Waals surface area (Å²) >= 11 is 0. The maximum absolute atomic E-state index is 13.7. The summed E-state index contributed by atoms with van der Waals surface area (Å²) in [7, 11) is -3.94. The lowest BCUT2D eigenvalue weighted by atomic mass is 10.1. The number of para-hydroxylation sites is 1. The van der Waals surface area contributed by atoms with Gasteiger partial charge < -0.3 is 10.2 Å². The summed E-state index contributed by atoms with van der Waals surface area (Å²) in [6.07, 6.45) is 2.47. The minimum atomic E-state index is -3.94. The first kappa shape index (κ1) is 21.3. The lowest BCUT2D eigenvalue weighted by Crippen LogP contribution is -2.34. The molecule has 0 spiro atoms. The molecule has 6 nitrogen and oxygen atoms in total. The van der Waals surface area contributed by atoms with Gasteiger partial charge in [0.05, 0.1) is 10.6 Å². The molecule has 1 amide bonds. The Bertz CT molecular complexity index is 942. The molecule has 8 heteroatoms. The molecule has 3 rings (SSSR count). The van der Waals surface area contributed by atoms with Gasteiger partial charge in [0.25, 0.3) is 15.9 Å². The zero-order valence-corrected chi connectivity index (χ0v) is 17.2. The fraction of sp³-hybridized carbons (Fsp3) is 0.381. The molecule has 1 saturated heterocycles. The Morgan fingerprint density at radius 2 is 1.76 bits per heavy atom. The van der Waals surface area contributed by atoms with E-state index < -0.39 is 15.8 Å². The molecule has 0 unspecified atom stereocenters. The van der Waals surface area contributed by atoms with Gasteiger partial charge in [-0.3, -0.25) is 9.52 Å². The van der Waals surface area contributed by atoms with Crippen molar-refractivity contribution in [3.8, 4) is 0 Å². The number of carbonyl (C=O) groups excluding carboxylic acids is 1. The predicted molar refractivity (Wildman–Crippen MR) is 111 cm³/mol. The normalized spacial score (nSPS) is 15.8. The van der Waals surface area contributed by atoms with Crippen molar-refractivity contribution in [2.75, 3.05) is 30.9 Å². The van der Waals surface area contributed by atoms with E-state index in [4.69, 9.17) is 0 Å². The molecular formula is C21H26FN3O3S. The van der Waals surface area contributed by atoms with Gasteiger partial charge in [-0.15, -0.1) is 0 Å². The first-order valence-corrected chi connectivity index (χ1v) is 11.2. The highest BCUT2D eigenvalue weighted by atomic mass is 32.2. The molecule has 0 aromatic heterocycles. The molecule has 2 aromatic rings. The highest BCUT2D eigenvalue weighted by molar-refractivity contribution is 7.92. The van der Waals surface area contributed by atoms with E-state index in [-0.39, 0.29) is 16.5 Å². The van der Waals surface area contributed by atoms with E-state index in [1.54, 1.807) is 6.07 Å². The number of likely N-dealkylation sites (tertiary alicyclic amines) is 1. The highest BCUT2D eigenvalue weighted by Crippen LogP contribution is 2.19. The second-order valence-electron chi connectivity index (χ2n) is 7.43. The maximum atomic E-state index is 13.7. The monoisotopic (exact) mass is 419 g/mol. The molecule has 1 aliphatic rings. The van der Waals surface area contributed by atoms with Crippen LogP contribution in [0.4, 0.5) is 10.1 Å². The number of sulfonamides is 1. The van der Waals surface area contributed by atoms with Crippen LogP contribution in [0.2, 0.25) is 0 Å². The lowest BCUT2D eigenvalue weighted by Gasteiger charge is -2.20. The molecule has 156 valence electrons. The lowest BCUT2D eigenvalue weighted by molar-refractivity contribution is 0.0945. The summed E-state index contributed by atoms with van der Waals surface area (Å²) in [6.45, 7) is 5.86. The van der Waals surface area contributed by atoms with Crippen LogP contribution in [0.3, 0.4) is 0 Å². The van der Waals surface area contributed by atoms with E-state index >= 15 is 0 Å². The third-order valence-electron chi connectivity index (χ3n) is 4.92. The second-order valence-corrected chi connectivity index (χ2v) is 9.12. The van der Waals surface area contributed by atoms with Crippen LogP contribution in [-0.2, 0) is 10.0 Å². The van der Waals surface area contributed by atoms with E-state index in [1.165, 1.54) is 55.3 Å². The van der Waals surface area contributed by atoms with Crippen LogP contribution >= 0.6 is 0 Å². The van der Waals surface area contributed by atoms with E-state index in [0.29, 0.717) is 18.0 Å². The van der Waals surface area contributed by atoms with Crippen molar-refractivity contribution in [2.24, 2.45) is 5.92 Å². The Balaban J connectivity index is 1.57. The maximum Gasteiger partial charge on any atom is 0.261 e. The number of benzene rings is 2. The van der Waals surface area contributed by atoms with Gasteiger partial charge in [-0.2, -0.15) is 0 Å². The van der Waals surface area contributed by atoms with Crippen molar-refractivity contribution in [2.45, 2.75) is 24.7 Å². The number of amides is 1. The molecule has 2 aromatic carbocycles. The summed E-state index contributed by atoms with van der Waals surface area (Å²) < 4.78 is 40.8. The number of nitrogens with one attached hydrogen (secondary N) is 2. The van der Waals surface area contributed by atoms with Gasteiger partial charge in [0.2, 0.25) is 0 Å². The first-order chi connectivity index (χ1) is 13.8. The number of hydrogen-bond acceptors (Lipinski definition) is 4. The van der Waals surface area contributed by atoms with Gasteiger partial charge in [-0.1, -0.05) is 19.1 Å². The third kappa shape index (κ3) is 5.77. The zero-order chi connectivity index (χ0) is 20.9. The minimum absolute atomic E-state index is 0.0419. The molecule has 0 aliphatic carbocycles. The first-order valence-electron chi connectivity index (χ1n) is 9.73. The van der Waals surface area contributed by atoms with Crippen molar-refractivity contribution >= 4 is 21.6 Å². The summed E-state index contributed by atoms with van der Waals surface area (Å²) in [4.78, 5) is 14.7. The Morgan fingerprint density at radius 3 is 2.41 bits per heavy atom. The van der Waals surface area contributed by atoms with Crippen LogP contribution in [0.1, 0.15) is 30.1 Å². The number of anilines is 1. The number of nitrogens with zero attached hydrogens (tertiary/aromatic N) is 1. The third-order valence-corrected chi connectivity index (χ3v) is 6.31. The largest absolute Gasteiger partial charge is 0.352 e. The average molecular weight is 420 g/mol. The molecule has 0 bridgehead atoms. The van der Waals surface area contributed by atoms with E-state index in [0.717, 1.165) is 19.6 Å². The molecule has 0 saturated carbocycles. The highest BCUT2D eigenvalue weighted by Gasteiger charge is 2.18. The van der Waals surface area contributed by atoms with Crippen LogP contribution in [-0.4, -0.2) is 45.4 Å². The number of hydrogen-bond donors (Lipinski definition) is 2. The van der Waals surface area contributed by atoms with Crippen LogP contribution in [0.5, 0.6) is 0 Å². The van der Waals surface area contributed by atoms with Gasteiger partial charge in [-0.05, 0) is 68.2 Å². The summed E-state index contributed by atoms with van der Waals surface area (Å²) in [6, 6.07) is 11.1. The summed E-state index contributed by atoms with van der Waals surface area (Å²) in [5.41, 5.74) is 0.254. The van der Waals surface area contributed by atoms with Crippen LogP contribution in [0.25, 0.3) is 0 Å². The van der Waals surface area contributed by atoms with Crippen LogP contribution in [0, 0.1) is 11.7 Å². The molecule has 2 N–H and O–H groups in total. The average Bonchev–Trinajstić information content (AvgIpc) is 3.21. The predicted octanol–water partition coefficient (Wildman–Crippen LogP) is 3.09. The number of halogens is 1. The van der Waals surface area contributed by atoms with Crippen LogP contribution < -0.4 is 10.0 Å². The molecule has 29 heavy (non-hydrogen) atoms. The van der Waals surface area contributed by atoms with Crippen molar-refractivity contribution in [3.63, 3.8) is 0 Å². The Morgan fingerprint density at radius 1 is 1.10 bits per heavy atom. The molecule has 1 heterocycles. The molecule has 1 atom stereocenters. The van der Waals surface area contributed by atoms with Crippen LogP contribution in [0.15, 0.2) is 53.4 Å². The van der Waals surface area contributed by atoms with Gasteiger partial charge in [0.1, 0.15) is 5.82 Å². The van der Waals surface area contributed by atoms with Crippen molar-refractivity contribution < 1.29 is 17.6 Å². The Labute approximate surface area is 171 Å². The minimum Gasteiger partial charge on any atom is -0.352 e. The van der Waals surface area contributed by atoms with Gasteiger partial charge in [0.15, 0.2) is 0 Å². The molecule has 1 aliphatic heterocycles. The summed E-state index contributed by atoms with van der Waals surface area (Å²) in [5, 5.41) is 2.90. The number of carbonyl (C=O) groups is 1. The van der Waals surface area contributed by atoms with Gasteiger partial charge in [0, 0.05) is 18.7 Å². The molecule has 0 radical (unpaired) electrons. The van der Waals surface area contributed by atoms with E-state index in [9.17, 15) is 17.6 Å². The fourth-order valence-electron chi connectivity index (χ4n) is 3.37. The van der Waals surface area contributed by atoms with E-state index in [2.05, 4.69) is 21.9 Å². The van der Waals surface area contributed by atoms with Crippen molar-refractivity contribution in [1.82, 2.24) is 10.2 Å². The van der Waals surface area contributed by atoms with Crippen molar-refractivity contribution in [1.29, 1.82) is 0 Å². The van der Waals surface area contributed by atoms with Gasteiger partial charge in [-0.25, -0.2) is 12.8 Å². The SMILES string of the molecule is C[C@H](CNC(=O)c1ccc(S(=O)(=O)Nc2ccccc2F)cc1)CN1CCCC1. The zero-order valence-electron chi connectivity index (χ0n) is 16.4. The molecule has 1 fully saturated rings. The molecular weight excluding hydrogens is 393 g/mol. The second kappa shape index (κ2) is 9.37. The van der Waals surface area contributed by atoms with Crippen molar-refractivity contribution in [3.05, 3.63) is 59.9 Å². The quantitative estimate of drug-likeness (QED) is 0.689. The standard InChI is InChI=1S/C21H26FN3O3S/c1-16(15-25-12-4-5-13-25)14-23-21(26)17-8-10-18(11-9-17)29(27,28)24-20-7-3-2-6-19(20)22/h2-3,6-11,16,24H,4-5,12-15H2,1H3,(H,23,26)/t16-/m1/s1. The topological polar surface area (TPSA) is 78.5 Å². The smallest absolute Gasteiger partial charge is 0.261 e. The fourth-order valence-corrected chi connectivity index (χ4v) is 4.44. The summed E-state index contributed by atoms with van der Waals surface area (Å²) in [5.74, 6) is -0.568. The van der Waals surface area contributed by atoms with Gasteiger partial charge >= 0.3 is 0 Å². The number of rotatable bonds is 8.